The highest BCUT2D eigenvalue weighted by Crippen LogP contribution is 1.97. The molecular formula is C9H13N3O. The smallest absolute Gasteiger partial charge is 0.231 e. The molecule has 4 heteroatoms. The molecule has 0 bridgehead atoms. The molecule has 0 spiro atoms. The summed E-state index contributed by atoms with van der Waals surface area (Å²) in [4.78, 5) is 16.5. The van der Waals surface area contributed by atoms with Crippen LogP contribution in [-0.4, -0.2) is 29.4 Å². The van der Waals surface area contributed by atoms with Crippen molar-refractivity contribution in [2.24, 2.45) is 5.73 Å². The van der Waals surface area contributed by atoms with E-state index in [-0.39, 0.29) is 12.5 Å². The second-order valence-electron chi connectivity index (χ2n) is 2.96. The van der Waals surface area contributed by atoms with Gasteiger partial charge in [0.25, 0.3) is 0 Å². The predicted molar refractivity (Wildman–Crippen MR) is 49.8 cm³/mol. The van der Waals surface area contributed by atoms with Crippen molar-refractivity contribution in [1.82, 2.24) is 9.88 Å². The van der Waals surface area contributed by atoms with E-state index in [2.05, 4.69) is 4.98 Å². The van der Waals surface area contributed by atoms with Gasteiger partial charge < -0.3 is 5.73 Å². The van der Waals surface area contributed by atoms with Crippen molar-refractivity contribution in [3.63, 3.8) is 0 Å². The number of nitrogens with zero attached hydrogens (tertiary/aromatic N) is 2. The van der Waals surface area contributed by atoms with Crippen LogP contribution in [0.5, 0.6) is 0 Å². The molecule has 0 aliphatic carbocycles. The number of pyridine rings is 1. The van der Waals surface area contributed by atoms with E-state index in [4.69, 9.17) is 5.73 Å². The second-order valence-corrected chi connectivity index (χ2v) is 2.96. The minimum absolute atomic E-state index is 0.260. The van der Waals surface area contributed by atoms with E-state index >= 15 is 0 Å². The SMILES string of the molecule is CN(CC(N)=O)Cc1ccccn1. The molecule has 4 nitrogen and oxygen atoms in total. The van der Waals surface area contributed by atoms with Crippen LogP contribution in [-0.2, 0) is 11.3 Å². The molecule has 0 saturated carbocycles. The highest BCUT2D eigenvalue weighted by Gasteiger charge is 2.03. The third-order valence-corrected chi connectivity index (χ3v) is 1.58. The lowest BCUT2D eigenvalue weighted by Gasteiger charge is -2.13. The molecule has 0 saturated heterocycles. The first-order valence-corrected chi connectivity index (χ1v) is 4.05. The lowest BCUT2D eigenvalue weighted by atomic mass is 10.3. The molecule has 13 heavy (non-hydrogen) atoms. The van der Waals surface area contributed by atoms with E-state index < -0.39 is 0 Å². The quantitative estimate of drug-likeness (QED) is 0.707. The molecular weight excluding hydrogens is 166 g/mol. The summed E-state index contributed by atoms with van der Waals surface area (Å²) in [6.45, 7) is 0.903. The van der Waals surface area contributed by atoms with E-state index in [1.807, 2.05) is 30.1 Å². The Morgan fingerprint density at radius 1 is 1.62 bits per heavy atom. The first kappa shape index (κ1) is 9.67. The van der Waals surface area contributed by atoms with Crippen LogP contribution >= 0.6 is 0 Å². The molecule has 1 aromatic heterocycles. The maximum Gasteiger partial charge on any atom is 0.231 e. The van der Waals surface area contributed by atoms with Crippen molar-refractivity contribution in [2.45, 2.75) is 6.54 Å². The van der Waals surface area contributed by atoms with Crippen molar-refractivity contribution in [3.8, 4) is 0 Å². The zero-order valence-electron chi connectivity index (χ0n) is 7.60. The summed E-state index contributed by atoms with van der Waals surface area (Å²) in [5.74, 6) is -0.321. The van der Waals surface area contributed by atoms with Crippen molar-refractivity contribution >= 4 is 5.91 Å². The van der Waals surface area contributed by atoms with E-state index in [1.165, 1.54) is 0 Å². The predicted octanol–water partition coefficient (Wildman–Crippen LogP) is -0.00130. The van der Waals surface area contributed by atoms with E-state index in [0.29, 0.717) is 6.54 Å². The van der Waals surface area contributed by atoms with Crippen LogP contribution in [0.15, 0.2) is 24.4 Å². The molecule has 1 heterocycles. The monoisotopic (exact) mass is 179 g/mol. The molecule has 0 aliphatic heterocycles. The average Bonchev–Trinajstić information content (AvgIpc) is 2.04. The summed E-state index contributed by atoms with van der Waals surface area (Å²) in [6, 6.07) is 5.69. The Kier molecular flexibility index (Phi) is 3.40. The number of hydrogen-bond donors (Lipinski definition) is 1. The number of aromatic nitrogens is 1. The first-order valence-electron chi connectivity index (χ1n) is 4.05. The van der Waals surface area contributed by atoms with Crippen LogP contribution in [0.3, 0.4) is 0 Å². The molecule has 0 fully saturated rings. The Morgan fingerprint density at radius 3 is 2.92 bits per heavy atom. The maximum absolute atomic E-state index is 10.6. The Bertz CT molecular complexity index is 273. The first-order chi connectivity index (χ1) is 6.18. The van der Waals surface area contributed by atoms with Crippen LogP contribution < -0.4 is 5.73 Å². The van der Waals surface area contributed by atoms with Crippen molar-refractivity contribution in [3.05, 3.63) is 30.1 Å². The van der Waals surface area contributed by atoms with Crippen molar-refractivity contribution in [1.29, 1.82) is 0 Å². The molecule has 1 amide bonds. The fourth-order valence-corrected chi connectivity index (χ4v) is 1.09. The fourth-order valence-electron chi connectivity index (χ4n) is 1.09. The Balaban J connectivity index is 2.45. The minimum atomic E-state index is -0.321. The molecule has 0 radical (unpaired) electrons. The standard InChI is InChI=1S/C9H13N3O/c1-12(7-9(10)13)6-8-4-2-3-5-11-8/h2-5H,6-7H2,1H3,(H2,10,13). The molecule has 2 N–H and O–H groups in total. The normalized spacial score (nSPS) is 10.3. The third-order valence-electron chi connectivity index (χ3n) is 1.58. The number of nitrogens with two attached hydrogens (primary N) is 1. The summed E-state index contributed by atoms with van der Waals surface area (Å²) in [5.41, 5.74) is 5.98. The number of rotatable bonds is 4. The molecule has 70 valence electrons. The van der Waals surface area contributed by atoms with E-state index in [0.717, 1.165) is 5.69 Å². The van der Waals surface area contributed by atoms with E-state index in [9.17, 15) is 4.79 Å². The number of carbonyl (C=O) groups is 1. The van der Waals surface area contributed by atoms with Crippen LogP contribution in [0.25, 0.3) is 0 Å². The molecule has 1 aromatic rings. The largest absolute Gasteiger partial charge is 0.369 e. The van der Waals surface area contributed by atoms with Crippen LogP contribution in [0.2, 0.25) is 0 Å². The summed E-state index contributed by atoms with van der Waals surface area (Å²) in [5, 5.41) is 0. The topological polar surface area (TPSA) is 59.2 Å². The van der Waals surface area contributed by atoms with Gasteiger partial charge in [0.05, 0.1) is 12.2 Å². The van der Waals surface area contributed by atoms with Crippen LogP contribution in [0.4, 0.5) is 0 Å². The number of primary amides is 1. The number of carbonyl (C=O) groups excluding carboxylic acids is 1. The summed E-state index contributed by atoms with van der Waals surface area (Å²) >= 11 is 0. The van der Waals surface area contributed by atoms with Gasteiger partial charge in [-0.1, -0.05) is 6.07 Å². The molecule has 0 atom stereocenters. The van der Waals surface area contributed by atoms with Crippen LogP contribution in [0, 0.1) is 0 Å². The Morgan fingerprint density at radius 2 is 2.38 bits per heavy atom. The van der Waals surface area contributed by atoms with Crippen LogP contribution in [0.1, 0.15) is 5.69 Å². The van der Waals surface area contributed by atoms with Gasteiger partial charge in [-0.25, -0.2) is 0 Å². The maximum atomic E-state index is 10.6. The van der Waals surface area contributed by atoms with Gasteiger partial charge in [0.15, 0.2) is 0 Å². The number of hydrogen-bond acceptors (Lipinski definition) is 3. The molecule has 1 rings (SSSR count). The summed E-state index contributed by atoms with van der Waals surface area (Å²) in [7, 11) is 1.83. The summed E-state index contributed by atoms with van der Waals surface area (Å²) in [6.07, 6.45) is 1.73. The van der Waals surface area contributed by atoms with Crippen molar-refractivity contribution in [2.75, 3.05) is 13.6 Å². The fraction of sp³-hybridized carbons (Fsp3) is 0.333. The van der Waals surface area contributed by atoms with Crippen molar-refractivity contribution < 1.29 is 4.79 Å². The number of amides is 1. The van der Waals surface area contributed by atoms with E-state index in [1.54, 1.807) is 6.20 Å². The minimum Gasteiger partial charge on any atom is -0.369 e. The lowest BCUT2D eigenvalue weighted by molar-refractivity contribution is -0.118. The highest BCUT2D eigenvalue weighted by molar-refractivity contribution is 5.75. The van der Waals surface area contributed by atoms with Gasteiger partial charge in [-0.05, 0) is 19.2 Å². The zero-order valence-corrected chi connectivity index (χ0v) is 7.60. The van der Waals surface area contributed by atoms with Gasteiger partial charge in [0.2, 0.25) is 5.91 Å². The molecule has 0 aliphatic rings. The van der Waals surface area contributed by atoms with Gasteiger partial charge in [-0.3, -0.25) is 14.7 Å². The lowest BCUT2D eigenvalue weighted by Crippen LogP contribution is -2.30. The van der Waals surface area contributed by atoms with Gasteiger partial charge >= 0.3 is 0 Å². The summed E-state index contributed by atoms with van der Waals surface area (Å²) < 4.78 is 0. The second kappa shape index (κ2) is 4.57. The molecule has 0 unspecified atom stereocenters. The van der Waals surface area contributed by atoms with Gasteiger partial charge in [0.1, 0.15) is 0 Å². The Labute approximate surface area is 77.4 Å². The average molecular weight is 179 g/mol. The third kappa shape index (κ3) is 3.66. The Hall–Kier alpha value is -1.42. The number of likely N-dealkylation sites (N-methyl/N-ethyl adjacent to an activating group) is 1. The van der Waals surface area contributed by atoms with Gasteiger partial charge in [-0.15, -0.1) is 0 Å². The highest BCUT2D eigenvalue weighted by atomic mass is 16.1. The zero-order chi connectivity index (χ0) is 9.68. The molecule has 0 aromatic carbocycles. The van der Waals surface area contributed by atoms with Gasteiger partial charge in [-0.2, -0.15) is 0 Å². The van der Waals surface area contributed by atoms with Gasteiger partial charge in [0, 0.05) is 12.7 Å².